The molecule has 1 amide bonds. The van der Waals surface area contributed by atoms with Gasteiger partial charge >= 0.3 is 0 Å². The van der Waals surface area contributed by atoms with Crippen molar-refractivity contribution in [2.75, 3.05) is 5.32 Å². The first kappa shape index (κ1) is 10.5. The molecule has 17 heavy (non-hydrogen) atoms. The number of halogens is 1. The first-order valence-electron chi connectivity index (χ1n) is 4.98. The molecule has 0 spiro atoms. The van der Waals surface area contributed by atoms with Gasteiger partial charge in [-0.1, -0.05) is 29.8 Å². The zero-order valence-electron chi connectivity index (χ0n) is 8.61. The van der Waals surface area contributed by atoms with Crippen molar-refractivity contribution in [2.24, 2.45) is 0 Å². The quantitative estimate of drug-likeness (QED) is 0.802. The number of anilines is 1. The van der Waals surface area contributed by atoms with E-state index in [0.29, 0.717) is 10.0 Å². The van der Waals surface area contributed by atoms with Crippen LogP contribution in [-0.2, 0) is 4.79 Å². The molecule has 0 saturated carbocycles. The Morgan fingerprint density at radius 1 is 1.35 bits per heavy atom. The summed E-state index contributed by atoms with van der Waals surface area (Å²) >= 11 is 7.11. The number of hydrogen-bond acceptors (Lipinski definition) is 3. The number of aromatic nitrogens is 1. The minimum Gasteiger partial charge on any atom is -0.321 e. The van der Waals surface area contributed by atoms with E-state index in [1.807, 2.05) is 30.3 Å². The first-order valence-corrected chi connectivity index (χ1v) is 6.17. The number of carbonyl (C=O) groups excluding carboxylic acids is 1. The van der Waals surface area contributed by atoms with Crippen molar-refractivity contribution >= 4 is 46.2 Å². The average molecular weight is 263 g/mol. The standard InChI is InChI=1S/C12H7ClN2OS/c13-12-14-6-7(17-12)5-9-8-3-1-2-4-10(8)15-11(9)16/h1-6H,(H,15,16)/b9-5+. The number of amides is 1. The lowest BCUT2D eigenvalue weighted by Crippen LogP contribution is -2.03. The third-order valence-corrected chi connectivity index (χ3v) is 3.55. The summed E-state index contributed by atoms with van der Waals surface area (Å²) in [5.74, 6) is -0.0873. The Morgan fingerprint density at radius 2 is 2.18 bits per heavy atom. The van der Waals surface area contributed by atoms with Gasteiger partial charge in [-0.05, 0) is 12.1 Å². The van der Waals surface area contributed by atoms with Gasteiger partial charge in [0.2, 0.25) is 0 Å². The molecule has 0 unspecified atom stereocenters. The van der Waals surface area contributed by atoms with E-state index in [4.69, 9.17) is 11.6 Å². The molecule has 0 fully saturated rings. The van der Waals surface area contributed by atoms with Crippen molar-refractivity contribution in [3.63, 3.8) is 0 Å². The normalized spacial score (nSPS) is 16.1. The molecule has 0 saturated heterocycles. The Hall–Kier alpha value is -1.65. The lowest BCUT2D eigenvalue weighted by molar-refractivity contribution is -0.110. The van der Waals surface area contributed by atoms with Gasteiger partial charge in [0, 0.05) is 22.3 Å². The van der Waals surface area contributed by atoms with E-state index < -0.39 is 0 Å². The van der Waals surface area contributed by atoms with Crippen molar-refractivity contribution in [1.82, 2.24) is 4.98 Å². The highest BCUT2D eigenvalue weighted by molar-refractivity contribution is 7.16. The minimum absolute atomic E-state index is 0.0873. The van der Waals surface area contributed by atoms with Gasteiger partial charge in [-0.15, -0.1) is 11.3 Å². The SMILES string of the molecule is O=C1Nc2ccccc2/C1=C\c1cnc(Cl)s1. The molecule has 0 atom stereocenters. The molecule has 1 N–H and O–H groups in total. The maximum absolute atomic E-state index is 11.8. The number of carbonyl (C=O) groups is 1. The van der Waals surface area contributed by atoms with Crippen molar-refractivity contribution < 1.29 is 4.79 Å². The van der Waals surface area contributed by atoms with Gasteiger partial charge in [0.1, 0.15) is 0 Å². The van der Waals surface area contributed by atoms with Crippen LogP contribution in [0.1, 0.15) is 10.4 Å². The number of benzene rings is 1. The number of rotatable bonds is 1. The van der Waals surface area contributed by atoms with Crippen LogP contribution in [-0.4, -0.2) is 10.9 Å². The summed E-state index contributed by atoms with van der Waals surface area (Å²) in [4.78, 5) is 16.6. The fourth-order valence-electron chi connectivity index (χ4n) is 1.76. The fourth-order valence-corrected chi connectivity index (χ4v) is 2.65. The van der Waals surface area contributed by atoms with E-state index in [-0.39, 0.29) is 5.91 Å². The summed E-state index contributed by atoms with van der Waals surface area (Å²) in [5.41, 5.74) is 2.42. The topological polar surface area (TPSA) is 42.0 Å². The van der Waals surface area contributed by atoms with E-state index >= 15 is 0 Å². The van der Waals surface area contributed by atoms with E-state index in [1.54, 1.807) is 6.20 Å². The van der Waals surface area contributed by atoms with Crippen LogP contribution >= 0.6 is 22.9 Å². The molecular formula is C12H7ClN2OS. The van der Waals surface area contributed by atoms with Gasteiger partial charge in [-0.3, -0.25) is 4.79 Å². The number of fused-ring (bicyclic) bond motifs is 1. The predicted octanol–water partition coefficient (Wildman–Crippen LogP) is 3.29. The largest absolute Gasteiger partial charge is 0.321 e. The minimum atomic E-state index is -0.0873. The van der Waals surface area contributed by atoms with Crippen molar-refractivity contribution in [3.8, 4) is 0 Å². The molecule has 1 aliphatic rings. The summed E-state index contributed by atoms with van der Waals surface area (Å²) in [6.07, 6.45) is 3.47. The summed E-state index contributed by atoms with van der Waals surface area (Å²) in [6, 6.07) is 7.60. The zero-order valence-corrected chi connectivity index (χ0v) is 10.2. The van der Waals surface area contributed by atoms with E-state index in [2.05, 4.69) is 10.3 Å². The Balaban J connectivity index is 2.09. The maximum Gasteiger partial charge on any atom is 0.256 e. The van der Waals surface area contributed by atoms with Crippen LogP contribution in [0.15, 0.2) is 30.5 Å². The highest BCUT2D eigenvalue weighted by atomic mass is 35.5. The van der Waals surface area contributed by atoms with Crippen molar-refractivity contribution in [1.29, 1.82) is 0 Å². The summed E-state index contributed by atoms with van der Waals surface area (Å²) in [5, 5.41) is 2.82. The highest BCUT2D eigenvalue weighted by Crippen LogP contribution is 2.33. The second kappa shape index (κ2) is 3.98. The summed E-state index contributed by atoms with van der Waals surface area (Å²) < 4.78 is 0.476. The monoisotopic (exact) mass is 262 g/mol. The van der Waals surface area contributed by atoms with Crippen LogP contribution in [0.5, 0.6) is 0 Å². The number of nitrogens with one attached hydrogen (secondary N) is 1. The third-order valence-electron chi connectivity index (χ3n) is 2.49. The molecule has 2 heterocycles. The first-order chi connectivity index (χ1) is 8.24. The van der Waals surface area contributed by atoms with Crippen LogP contribution < -0.4 is 5.32 Å². The summed E-state index contributed by atoms with van der Waals surface area (Å²) in [6.45, 7) is 0. The van der Waals surface area contributed by atoms with Crippen molar-refractivity contribution in [3.05, 3.63) is 45.4 Å². The highest BCUT2D eigenvalue weighted by Gasteiger charge is 2.23. The zero-order chi connectivity index (χ0) is 11.8. The average Bonchev–Trinajstić information content (AvgIpc) is 2.85. The van der Waals surface area contributed by atoms with Gasteiger partial charge in [0.15, 0.2) is 4.47 Å². The molecule has 1 aromatic carbocycles. The smallest absolute Gasteiger partial charge is 0.256 e. The lowest BCUT2D eigenvalue weighted by atomic mass is 10.1. The molecule has 3 rings (SSSR count). The molecule has 1 aromatic heterocycles. The molecule has 0 bridgehead atoms. The maximum atomic E-state index is 11.8. The van der Waals surface area contributed by atoms with Crippen LogP contribution in [0, 0.1) is 0 Å². The van der Waals surface area contributed by atoms with Crippen LogP contribution in [0.3, 0.4) is 0 Å². The predicted molar refractivity (Wildman–Crippen MR) is 70.1 cm³/mol. The van der Waals surface area contributed by atoms with Crippen LogP contribution in [0.4, 0.5) is 5.69 Å². The van der Waals surface area contributed by atoms with E-state index in [9.17, 15) is 4.79 Å². The number of para-hydroxylation sites is 1. The second-order valence-electron chi connectivity index (χ2n) is 3.57. The van der Waals surface area contributed by atoms with Gasteiger partial charge in [-0.25, -0.2) is 4.98 Å². The lowest BCUT2D eigenvalue weighted by Gasteiger charge is -1.95. The summed E-state index contributed by atoms with van der Waals surface area (Å²) in [7, 11) is 0. The molecule has 84 valence electrons. The van der Waals surface area contributed by atoms with Gasteiger partial charge < -0.3 is 5.32 Å². The Bertz CT molecular complexity index is 633. The Labute approximate surface area is 107 Å². The Kier molecular flexibility index (Phi) is 2.46. The van der Waals surface area contributed by atoms with Gasteiger partial charge in [-0.2, -0.15) is 0 Å². The van der Waals surface area contributed by atoms with Gasteiger partial charge in [0.25, 0.3) is 5.91 Å². The molecule has 1 aliphatic heterocycles. The number of nitrogens with zero attached hydrogens (tertiary/aromatic N) is 1. The van der Waals surface area contributed by atoms with Crippen LogP contribution in [0.2, 0.25) is 4.47 Å². The van der Waals surface area contributed by atoms with E-state index in [0.717, 1.165) is 16.1 Å². The fraction of sp³-hybridized carbons (Fsp3) is 0. The molecule has 0 radical (unpaired) electrons. The molecule has 3 nitrogen and oxygen atoms in total. The number of hydrogen-bond donors (Lipinski definition) is 1. The molecular weight excluding hydrogens is 256 g/mol. The van der Waals surface area contributed by atoms with E-state index in [1.165, 1.54) is 11.3 Å². The van der Waals surface area contributed by atoms with Crippen molar-refractivity contribution in [2.45, 2.75) is 0 Å². The Morgan fingerprint density at radius 3 is 2.94 bits per heavy atom. The second-order valence-corrected chi connectivity index (χ2v) is 5.22. The van der Waals surface area contributed by atoms with Crippen LogP contribution in [0.25, 0.3) is 11.6 Å². The molecule has 5 heteroatoms. The molecule has 2 aromatic rings. The third kappa shape index (κ3) is 1.85. The molecule has 0 aliphatic carbocycles. The number of thiazole rings is 1. The van der Waals surface area contributed by atoms with Gasteiger partial charge in [0.05, 0.1) is 5.57 Å².